The second-order valence-electron chi connectivity index (χ2n) is 5.26. The van der Waals surface area contributed by atoms with Crippen LogP contribution in [0.1, 0.15) is 29.5 Å². The highest BCUT2D eigenvalue weighted by molar-refractivity contribution is 7.90. The molecular weight excluding hydrogens is 302 g/mol. The summed E-state index contributed by atoms with van der Waals surface area (Å²) in [5, 5.41) is 2.83. The summed E-state index contributed by atoms with van der Waals surface area (Å²) in [4.78, 5) is 12.3. The highest BCUT2D eigenvalue weighted by Crippen LogP contribution is 2.15. The van der Waals surface area contributed by atoms with Gasteiger partial charge in [0.05, 0.1) is 16.7 Å². The van der Waals surface area contributed by atoms with Gasteiger partial charge >= 0.3 is 0 Å². The van der Waals surface area contributed by atoms with Crippen molar-refractivity contribution in [3.05, 3.63) is 54.0 Å². The number of hydrogen-bond donors (Lipinski definition) is 1. The van der Waals surface area contributed by atoms with E-state index in [1.54, 1.807) is 18.4 Å². The average molecular weight is 321 g/mol. The fourth-order valence-corrected chi connectivity index (χ4v) is 3.05. The maximum atomic E-state index is 12.3. The summed E-state index contributed by atoms with van der Waals surface area (Å²) >= 11 is 0. The van der Waals surface area contributed by atoms with Gasteiger partial charge in [-0.25, -0.2) is 8.42 Å². The van der Waals surface area contributed by atoms with Crippen LogP contribution in [0, 0.1) is 0 Å². The number of carbonyl (C=O) groups is 1. The van der Waals surface area contributed by atoms with Gasteiger partial charge in [-0.1, -0.05) is 12.1 Å². The summed E-state index contributed by atoms with van der Waals surface area (Å²) in [6.45, 7) is 1.88. The SMILES string of the molecule is C[C@H](CCc1ccco1)NC(=O)c1ccccc1S(C)(=O)=O. The lowest BCUT2D eigenvalue weighted by Crippen LogP contribution is -2.33. The summed E-state index contributed by atoms with van der Waals surface area (Å²) in [6, 6.07) is 9.83. The van der Waals surface area contributed by atoms with E-state index in [1.165, 1.54) is 12.1 Å². The summed E-state index contributed by atoms with van der Waals surface area (Å²) < 4.78 is 28.7. The zero-order valence-electron chi connectivity index (χ0n) is 12.6. The summed E-state index contributed by atoms with van der Waals surface area (Å²) in [5.41, 5.74) is 0.176. The zero-order chi connectivity index (χ0) is 16.2. The number of hydrogen-bond acceptors (Lipinski definition) is 4. The maximum absolute atomic E-state index is 12.3. The highest BCUT2D eigenvalue weighted by atomic mass is 32.2. The van der Waals surface area contributed by atoms with E-state index in [2.05, 4.69) is 5.32 Å². The van der Waals surface area contributed by atoms with E-state index in [4.69, 9.17) is 4.42 Å². The molecule has 0 unspecified atom stereocenters. The molecule has 22 heavy (non-hydrogen) atoms. The standard InChI is InChI=1S/C16H19NO4S/c1-12(9-10-13-6-5-11-21-13)17-16(18)14-7-3-4-8-15(14)22(2,19)20/h3-8,11-12H,9-10H2,1-2H3,(H,17,18)/t12-/m1/s1. The predicted molar refractivity (Wildman–Crippen MR) is 83.5 cm³/mol. The summed E-state index contributed by atoms with van der Waals surface area (Å²) in [7, 11) is -3.44. The number of furan rings is 1. The molecule has 1 heterocycles. The van der Waals surface area contributed by atoms with Crippen molar-refractivity contribution in [3.8, 4) is 0 Å². The van der Waals surface area contributed by atoms with Gasteiger partial charge in [0.25, 0.3) is 5.91 Å². The van der Waals surface area contributed by atoms with Crippen LogP contribution in [-0.2, 0) is 16.3 Å². The van der Waals surface area contributed by atoms with E-state index < -0.39 is 9.84 Å². The third-order valence-electron chi connectivity index (χ3n) is 3.31. The molecule has 0 bridgehead atoms. The molecular formula is C16H19NO4S. The van der Waals surface area contributed by atoms with Crippen LogP contribution in [0.4, 0.5) is 0 Å². The van der Waals surface area contributed by atoms with Crippen molar-refractivity contribution < 1.29 is 17.6 Å². The van der Waals surface area contributed by atoms with Crippen LogP contribution in [0.2, 0.25) is 0 Å². The van der Waals surface area contributed by atoms with Gasteiger partial charge in [0.1, 0.15) is 5.76 Å². The smallest absolute Gasteiger partial charge is 0.252 e. The Balaban J connectivity index is 2.03. The molecule has 0 spiro atoms. The molecule has 0 fully saturated rings. The molecule has 0 saturated carbocycles. The van der Waals surface area contributed by atoms with E-state index in [-0.39, 0.29) is 22.4 Å². The summed E-state index contributed by atoms with van der Waals surface area (Å²) in [6.07, 6.45) is 4.13. The van der Waals surface area contributed by atoms with E-state index >= 15 is 0 Å². The van der Waals surface area contributed by atoms with Crippen LogP contribution in [0.3, 0.4) is 0 Å². The van der Waals surface area contributed by atoms with Crippen molar-refractivity contribution in [2.75, 3.05) is 6.26 Å². The first-order valence-electron chi connectivity index (χ1n) is 7.00. The lowest BCUT2D eigenvalue weighted by molar-refractivity contribution is 0.0934. The highest BCUT2D eigenvalue weighted by Gasteiger charge is 2.19. The third kappa shape index (κ3) is 4.21. The number of benzene rings is 1. The van der Waals surface area contributed by atoms with Gasteiger partial charge in [0.15, 0.2) is 9.84 Å². The maximum Gasteiger partial charge on any atom is 0.252 e. The fourth-order valence-electron chi connectivity index (χ4n) is 2.16. The van der Waals surface area contributed by atoms with Crippen LogP contribution < -0.4 is 5.32 Å². The van der Waals surface area contributed by atoms with Crippen LogP contribution in [0.25, 0.3) is 0 Å². The van der Waals surface area contributed by atoms with Gasteiger partial charge in [-0.15, -0.1) is 0 Å². The second kappa shape index (κ2) is 6.79. The predicted octanol–water partition coefficient (Wildman–Crippen LogP) is 2.43. The van der Waals surface area contributed by atoms with Gasteiger partial charge in [0.2, 0.25) is 0 Å². The number of amides is 1. The Morgan fingerprint density at radius 1 is 1.23 bits per heavy atom. The van der Waals surface area contributed by atoms with Crippen molar-refractivity contribution >= 4 is 15.7 Å². The molecule has 118 valence electrons. The quantitative estimate of drug-likeness (QED) is 0.886. The van der Waals surface area contributed by atoms with Crippen molar-refractivity contribution in [1.29, 1.82) is 0 Å². The van der Waals surface area contributed by atoms with E-state index in [0.717, 1.165) is 12.0 Å². The van der Waals surface area contributed by atoms with Crippen molar-refractivity contribution in [2.24, 2.45) is 0 Å². The molecule has 0 aliphatic carbocycles. The van der Waals surface area contributed by atoms with Crippen molar-refractivity contribution in [1.82, 2.24) is 5.32 Å². The van der Waals surface area contributed by atoms with Crippen molar-refractivity contribution in [3.63, 3.8) is 0 Å². The lowest BCUT2D eigenvalue weighted by atomic mass is 10.1. The van der Waals surface area contributed by atoms with E-state index in [0.29, 0.717) is 12.8 Å². The molecule has 6 heteroatoms. The Bertz CT molecular complexity index is 735. The molecule has 2 aromatic rings. The molecule has 0 radical (unpaired) electrons. The van der Waals surface area contributed by atoms with Gasteiger partial charge in [-0.05, 0) is 37.6 Å². The Kier molecular flexibility index (Phi) is 5.03. The van der Waals surface area contributed by atoms with Crippen LogP contribution in [-0.4, -0.2) is 26.6 Å². The number of aryl methyl sites for hydroxylation is 1. The number of carbonyl (C=O) groups excluding carboxylic acids is 1. The molecule has 1 aromatic heterocycles. The summed E-state index contributed by atoms with van der Waals surface area (Å²) in [5.74, 6) is 0.477. The second-order valence-corrected chi connectivity index (χ2v) is 7.25. The monoisotopic (exact) mass is 321 g/mol. The minimum absolute atomic E-state index is 0.0470. The Morgan fingerprint density at radius 2 is 1.95 bits per heavy atom. The first-order chi connectivity index (χ1) is 10.4. The van der Waals surface area contributed by atoms with Crippen LogP contribution in [0.5, 0.6) is 0 Å². The molecule has 2 rings (SSSR count). The molecule has 1 amide bonds. The zero-order valence-corrected chi connectivity index (χ0v) is 13.4. The molecule has 1 atom stereocenters. The normalized spacial score (nSPS) is 12.8. The third-order valence-corrected chi connectivity index (χ3v) is 4.47. The molecule has 0 aliphatic rings. The largest absolute Gasteiger partial charge is 0.469 e. The van der Waals surface area contributed by atoms with E-state index in [1.807, 2.05) is 19.1 Å². The molecule has 0 saturated heterocycles. The lowest BCUT2D eigenvalue weighted by Gasteiger charge is -2.14. The van der Waals surface area contributed by atoms with Gasteiger partial charge < -0.3 is 9.73 Å². The first kappa shape index (κ1) is 16.3. The van der Waals surface area contributed by atoms with Gasteiger partial charge in [-0.2, -0.15) is 0 Å². The molecule has 1 aromatic carbocycles. The number of rotatable bonds is 6. The minimum Gasteiger partial charge on any atom is -0.469 e. The topological polar surface area (TPSA) is 76.4 Å². The van der Waals surface area contributed by atoms with Crippen LogP contribution >= 0.6 is 0 Å². The van der Waals surface area contributed by atoms with Crippen LogP contribution in [0.15, 0.2) is 52.0 Å². The molecule has 0 aliphatic heterocycles. The first-order valence-corrected chi connectivity index (χ1v) is 8.89. The minimum atomic E-state index is -3.44. The number of sulfone groups is 1. The Labute approximate surface area is 130 Å². The average Bonchev–Trinajstić information content (AvgIpc) is 2.97. The molecule has 1 N–H and O–H groups in total. The van der Waals surface area contributed by atoms with E-state index in [9.17, 15) is 13.2 Å². The van der Waals surface area contributed by atoms with Gasteiger partial charge in [0, 0.05) is 18.7 Å². The molecule has 5 nitrogen and oxygen atoms in total. The van der Waals surface area contributed by atoms with Gasteiger partial charge in [-0.3, -0.25) is 4.79 Å². The fraction of sp³-hybridized carbons (Fsp3) is 0.312. The van der Waals surface area contributed by atoms with Crippen molar-refractivity contribution in [2.45, 2.75) is 30.7 Å². The Hall–Kier alpha value is -2.08. The Morgan fingerprint density at radius 3 is 2.59 bits per heavy atom. The number of nitrogens with one attached hydrogen (secondary N) is 1.